The van der Waals surface area contributed by atoms with Crippen LogP contribution in [-0.2, 0) is 20.9 Å². The Hall–Kier alpha value is -2.92. The SMILES string of the molecule is O=C(COCc1ccccc1)N[C@@H](C/C=C/c1ccccc1)C(=O)O. The minimum atomic E-state index is -1.07. The van der Waals surface area contributed by atoms with Crippen LogP contribution in [0.2, 0.25) is 0 Å². The number of ether oxygens (including phenoxy) is 1. The average Bonchev–Trinajstić information content (AvgIpc) is 2.62. The Morgan fingerprint density at radius 3 is 2.32 bits per heavy atom. The number of hydrogen-bond acceptors (Lipinski definition) is 3. The van der Waals surface area contributed by atoms with Crippen molar-refractivity contribution in [1.29, 1.82) is 0 Å². The Morgan fingerprint density at radius 1 is 1.04 bits per heavy atom. The fraction of sp³-hybridized carbons (Fsp3) is 0.200. The van der Waals surface area contributed by atoms with Crippen LogP contribution < -0.4 is 5.32 Å². The van der Waals surface area contributed by atoms with Crippen LogP contribution in [-0.4, -0.2) is 29.6 Å². The number of carboxylic acids is 1. The van der Waals surface area contributed by atoms with E-state index < -0.39 is 17.9 Å². The van der Waals surface area contributed by atoms with Gasteiger partial charge in [0.15, 0.2) is 0 Å². The predicted molar refractivity (Wildman–Crippen MR) is 95.8 cm³/mol. The summed E-state index contributed by atoms with van der Waals surface area (Å²) in [5.74, 6) is -1.52. The van der Waals surface area contributed by atoms with Crippen molar-refractivity contribution < 1.29 is 19.4 Å². The van der Waals surface area contributed by atoms with Gasteiger partial charge in [-0.2, -0.15) is 0 Å². The van der Waals surface area contributed by atoms with Crippen LogP contribution in [0.5, 0.6) is 0 Å². The Balaban J connectivity index is 1.77. The van der Waals surface area contributed by atoms with Gasteiger partial charge < -0.3 is 15.2 Å². The molecular weight excluding hydrogens is 318 g/mol. The Bertz CT molecular complexity index is 698. The molecule has 2 aromatic rings. The molecule has 0 aliphatic carbocycles. The Kier molecular flexibility index (Phi) is 7.41. The van der Waals surface area contributed by atoms with Gasteiger partial charge in [0.2, 0.25) is 5.91 Å². The number of benzene rings is 2. The third kappa shape index (κ3) is 7.01. The number of nitrogens with one attached hydrogen (secondary N) is 1. The molecule has 0 aliphatic rings. The number of hydrogen-bond donors (Lipinski definition) is 2. The number of amides is 1. The van der Waals surface area contributed by atoms with E-state index in [-0.39, 0.29) is 13.0 Å². The molecule has 0 aliphatic heterocycles. The standard InChI is InChI=1S/C20H21NO4/c22-19(15-25-14-17-10-5-2-6-11-17)21-18(20(23)24)13-7-12-16-8-3-1-4-9-16/h1-12,18H,13-15H2,(H,21,22)(H,23,24)/b12-7+/t18-/m0/s1. The van der Waals surface area contributed by atoms with E-state index in [1.54, 1.807) is 6.08 Å². The van der Waals surface area contributed by atoms with Crippen molar-refractivity contribution in [2.75, 3.05) is 6.61 Å². The predicted octanol–water partition coefficient (Wildman–Crippen LogP) is 2.88. The highest BCUT2D eigenvalue weighted by Crippen LogP contribution is 2.04. The average molecular weight is 339 g/mol. The van der Waals surface area contributed by atoms with Gasteiger partial charge in [-0.15, -0.1) is 0 Å². The maximum Gasteiger partial charge on any atom is 0.326 e. The highest BCUT2D eigenvalue weighted by atomic mass is 16.5. The minimum absolute atomic E-state index is 0.179. The van der Waals surface area contributed by atoms with Gasteiger partial charge >= 0.3 is 5.97 Å². The summed E-state index contributed by atoms with van der Waals surface area (Å²) in [6.45, 7) is 0.126. The van der Waals surface area contributed by atoms with E-state index in [0.717, 1.165) is 11.1 Å². The zero-order chi connectivity index (χ0) is 17.9. The summed E-state index contributed by atoms with van der Waals surface area (Å²) in [4.78, 5) is 23.1. The van der Waals surface area contributed by atoms with Gasteiger partial charge in [-0.3, -0.25) is 4.79 Å². The van der Waals surface area contributed by atoms with Gasteiger partial charge in [0, 0.05) is 0 Å². The summed E-state index contributed by atoms with van der Waals surface area (Å²) in [6.07, 6.45) is 3.77. The van der Waals surface area contributed by atoms with Crippen LogP contribution in [0.25, 0.3) is 6.08 Å². The first-order valence-electron chi connectivity index (χ1n) is 8.00. The Labute approximate surface area is 146 Å². The first-order chi connectivity index (χ1) is 12.1. The summed E-state index contributed by atoms with van der Waals surface area (Å²) in [5, 5.41) is 11.7. The second-order valence-corrected chi connectivity index (χ2v) is 5.49. The second kappa shape index (κ2) is 10.1. The molecule has 5 nitrogen and oxygen atoms in total. The van der Waals surface area contributed by atoms with E-state index >= 15 is 0 Å². The molecule has 130 valence electrons. The van der Waals surface area contributed by atoms with Crippen molar-refractivity contribution in [3.63, 3.8) is 0 Å². The smallest absolute Gasteiger partial charge is 0.326 e. The molecule has 2 rings (SSSR count). The summed E-state index contributed by atoms with van der Waals surface area (Å²) < 4.78 is 5.31. The van der Waals surface area contributed by atoms with E-state index in [1.165, 1.54) is 0 Å². The third-order valence-corrected chi connectivity index (χ3v) is 3.46. The quantitative estimate of drug-likeness (QED) is 0.736. The molecule has 0 radical (unpaired) electrons. The molecule has 0 spiro atoms. The van der Waals surface area contributed by atoms with Crippen LogP contribution in [0.15, 0.2) is 66.7 Å². The lowest BCUT2D eigenvalue weighted by molar-refractivity contribution is -0.142. The van der Waals surface area contributed by atoms with Gasteiger partial charge in [-0.05, 0) is 17.5 Å². The highest BCUT2D eigenvalue weighted by molar-refractivity contribution is 5.84. The maximum atomic E-state index is 11.9. The Morgan fingerprint density at radius 2 is 1.68 bits per heavy atom. The lowest BCUT2D eigenvalue weighted by Gasteiger charge is -2.13. The van der Waals surface area contributed by atoms with E-state index in [2.05, 4.69) is 5.32 Å². The molecule has 0 heterocycles. The van der Waals surface area contributed by atoms with Crippen LogP contribution in [0.1, 0.15) is 17.5 Å². The van der Waals surface area contributed by atoms with Crippen LogP contribution in [0, 0.1) is 0 Å². The molecule has 0 bridgehead atoms. The minimum Gasteiger partial charge on any atom is -0.480 e. The number of rotatable bonds is 9. The van der Waals surface area contributed by atoms with E-state index in [9.17, 15) is 14.7 Å². The van der Waals surface area contributed by atoms with Crippen molar-refractivity contribution in [1.82, 2.24) is 5.32 Å². The van der Waals surface area contributed by atoms with E-state index in [4.69, 9.17) is 4.74 Å². The van der Waals surface area contributed by atoms with Gasteiger partial charge in [0.25, 0.3) is 0 Å². The fourth-order valence-corrected chi connectivity index (χ4v) is 2.20. The molecule has 0 aromatic heterocycles. The molecule has 0 unspecified atom stereocenters. The molecular formula is C20H21NO4. The summed E-state index contributed by atoms with van der Waals surface area (Å²) in [5.41, 5.74) is 1.93. The molecule has 1 atom stereocenters. The first kappa shape index (κ1) is 18.4. The lowest BCUT2D eigenvalue weighted by Crippen LogP contribution is -2.42. The summed E-state index contributed by atoms with van der Waals surface area (Å²) >= 11 is 0. The number of carbonyl (C=O) groups is 2. The third-order valence-electron chi connectivity index (χ3n) is 3.46. The van der Waals surface area contributed by atoms with E-state index in [0.29, 0.717) is 6.61 Å². The molecule has 2 aromatic carbocycles. The van der Waals surface area contributed by atoms with Crippen LogP contribution >= 0.6 is 0 Å². The number of carbonyl (C=O) groups excluding carboxylic acids is 1. The molecule has 2 N–H and O–H groups in total. The lowest BCUT2D eigenvalue weighted by atomic mass is 10.1. The molecule has 0 fully saturated rings. The monoisotopic (exact) mass is 339 g/mol. The van der Waals surface area contributed by atoms with Crippen molar-refractivity contribution in [2.45, 2.75) is 19.1 Å². The normalized spacial score (nSPS) is 12.0. The first-order valence-corrected chi connectivity index (χ1v) is 8.00. The van der Waals surface area contributed by atoms with Crippen LogP contribution in [0.3, 0.4) is 0 Å². The maximum absolute atomic E-state index is 11.9. The van der Waals surface area contributed by atoms with Crippen molar-refractivity contribution in [3.8, 4) is 0 Å². The topological polar surface area (TPSA) is 75.6 Å². The second-order valence-electron chi connectivity index (χ2n) is 5.49. The molecule has 25 heavy (non-hydrogen) atoms. The van der Waals surface area contributed by atoms with Crippen molar-refractivity contribution in [2.24, 2.45) is 0 Å². The molecule has 0 saturated carbocycles. The summed E-state index contributed by atoms with van der Waals surface area (Å²) in [6, 6.07) is 18.0. The van der Waals surface area contributed by atoms with Gasteiger partial charge in [0.1, 0.15) is 12.6 Å². The van der Waals surface area contributed by atoms with Crippen molar-refractivity contribution >= 4 is 18.0 Å². The zero-order valence-corrected chi connectivity index (χ0v) is 13.8. The van der Waals surface area contributed by atoms with Gasteiger partial charge in [-0.25, -0.2) is 4.79 Å². The van der Waals surface area contributed by atoms with Gasteiger partial charge in [-0.1, -0.05) is 72.8 Å². The summed E-state index contributed by atoms with van der Waals surface area (Å²) in [7, 11) is 0. The molecule has 1 amide bonds. The highest BCUT2D eigenvalue weighted by Gasteiger charge is 2.18. The van der Waals surface area contributed by atoms with Gasteiger partial charge in [0.05, 0.1) is 6.61 Å². The van der Waals surface area contributed by atoms with Crippen molar-refractivity contribution in [3.05, 3.63) is 77.9 Å². The van der Waals surface area contributed by atoms with Crippen LogP contribution in [0.4, 0.5) is 0 Å². The fourth-order valence-electron chi connectivity index (χ4n) is 2.20. The number of carboxylic acid groups (broad SMARTS) is 1. The van der Waals surface area contributed by atoms with E-state index in [1.807, 2.05) is 66.7 Å². The number of aliphatic carboxylic acids is 1. The zero-order valence-electron chi connectivity index (χ0n) is 13.8. The molecule has 0 saturated heterocycles. The molecule has 5 heteroatoms. The largest absolute Gasteiger partial charge is 0.480 e.